The number of aromatic nitrogens is 2. The van der Waals surface area contributed by atoms with Crippen LogP contribution in [0, 0.1) is 0 Å². The molecular formula is C22H34IN5OS. The first-order chi connectivity index (χ1) is 14.2. The van der Waals surface area contributed by atoms with Gasteiger partial charge in [0, 0.05) is 66.8 Å². The van der Waals surface area contributed by atoms with Crippen LogP contribution < -0.4 is 10.6 Å². The second-order valence-corrected chi connectivity index (χ2v) is 9.51. The Morgan fingerprint density at radius 3 is 2.83 bits per heavy atom. The minimum Gasteiger partial charge on any atom is -0.356 e. The topological polar surface area (TPSA) is 71.3 Å². The summed E-state index contributed by atoms with van der Waals surface area (Å²) in [5.74, 6) is 2.63. The van der Waals surface area contributed by atoms with Crippen molar-refractivity contribution in [1.82, 2.24) is 20.2 Å². The Hall–Kier alpha value is -1.42. The fourth-order valence-electron chi connectivity index (χ4n) is 3.92. The zero-order valence-corrected chi connectivity index (χ0v) is 21.1. The van der Waals surface area contributed by atoms with Gasteiger partial charge >= 0.3 is 0 Å². The van der Waals surface area contributed by atoms with Gasteiger partial charge in [0.15, 0.2) is 5.96 Å². The molecule has 0 aliphatic heterocycles. The van der Waals surface area contributed by atoms with Crippen molar-refractivity contribution in [2.75, 3.05) is 19.3 Å². The maximum absolute atomic E-state index is 12.2. The summed E-state index contributed by atoms with van der Waals surface area (Å²) in [7, 11) is 1.09. The number of guanidine groups is 1. The molecule has 0 bridgehead atoms. The molecule has 1 aliphatic carbocycles. The van der Waals surface area contributed by atoms with Crippen molar-refractivity contribution in [3.63, 3.8) is 0 Å². The quantitative estimate of drug-likeness (QED) is 0.305. The molecule has 0 radical (unpaired) electrons. The van der Waals surface area contributed by atoms with E-state index in [2.05, 4.69) is 49.4 Å². The third-order valence-corrected chi connectivity index (χ3v) is 7.23. The third-order valence-electron chi connectivity index (χ3n) is 5.49. The Labute approximate surface area is 199 Å². The Kier molecular flexibility index (Phi) is 10.8. The van der Waals surface area contributed by atoms with Crippen LogP contribution in [-0.4, -0.2) is 50.4 Å². The first kappa shape index (κ1) is 24.8. The fraction of sp³-hybridized carbons (Fsp3) is 0.545. The van der Waals surface area contributed by atoms with Crippen molar-refractivity contribution in [2.24, 2.45) is 4.99 Å². The molecular weight excluding hydrogens is 509 g/mol. The number of benzene rings is 1. The molecule has 166 valence electrons. The largest absolute Gasteiger partial charge is 0.356 e. The highest BCUT2D eigenvalue weighted by Gasteiger charge is 2.26. The lowest BCUT2D eigenvalue weighted by Crippen LogP contribution is -2.47. The van der Waals surface area contributed by atoms with Gasteiger partial charge in [0.1, 0.15) is 5.82 Å². The highest BCUT2D eigenvalue weighted by Crippen LogP contribution is 2.22. The Balaban J connectivity index is 0.00000320. The molecule has 1 saturated carbocycles. The van der Waals surface area contributed by atoms with Gasteiger partial charge in [-0.05, 0) is 24.8 Å². The molecule has 2 N–H and O–H groups in total. The van der Waals surface area contributed by atoms with Gasteiger partial charge < -0.3 is 15.2 Å². The molecule has 1 fully saturated rings. The molecule has 3 unspecified atom stereocenters. The number of imidazole rings is 1. The average Bonchev–Trinajstić information content (AvgIpc) is 3.20. The number of aliphatic imine (C=N–C) groups is 1. The van der Waals surface area contributed by atoms with Crippen LogP contribution in [0.2, 0.25) is 0 Å². The second kappa shape index (κ2) is 13.1. The lowest BCUT2D eigenvalue weighted by Gasteiger charge is -2.30. The summed E-state index contributed by atoms with van der Waals surface area (Å²) in [6.07, 6.45) is 9.00. The van der Waals surface area contributed by atoms with E-state index in [0.29, 0.717) is 11.3 Å². The van der Waals surface area contributed by atoms with Crippen molar-refractivity contribution in [1.29, 1.82) is 0 Å². The van der Waals surface area contributed by atoms with E-state index < -0.39 is 10.8 Å². The predicted octanol–water partition coefficient (Wildman–Crippen LogP) is 3.34. The Bertz CT molecular complexity index is 811. The van der Waals surface area contributed by atoms with Gasteiger partial charge in [-0.3, -0.25) is 9.20 Å². The number of hydrogen-bond acceptors (Lipinski definition) is 3. The highest BCUT2D eigenvalue weighted by molar-refractivity contribution is 14.0. The van der Waals surface area contributed by atoms with E-state index in [9.17, 15) is 4.21 Å². The van der Waals surface area contributed by atoms with Gasteiger partial charge in [-0.2, -0.15) is 0 Å². The van der Waals surface area contributed by atoms with Crippen LogP contribution in [0.1, 0.15) is 44.0 Å². The van der Waals surface area contributed by atoms with Crippen LogP contribution in [0.25, 0.3) is 0 Å². The van der Waals surface area contributed by atoms with E-state index in [0.717, 1.165) is 62.7 Å². The maximum atomic E-state index is 12.2. The SMILES string of the molecule is CCS(=O)C1CCCC(NC(=NC)NCCc2nccn2Cc2ccccc2)C1.I. The first-order valence-corrected chi connectivity index (χ1v) is 12.0. The molecule has 1 aliphatic rings. The molecule has 2 aromatic rings. The van der Waals surface area contributed by atoms with Gasteiger partial charge in [0.25, 0.3) is 0 Å². The first-order valence-electron chi connectivity index (χ1n) is 10.6. The zero-order chi connectivity index (χ0) is 20.5. The molecule has 0 amide bonds. The molecule has 0 saturated heterocycles. The van der Waals surface area contributed by atoms with Crippen molar-refractivity contribution in [2.45, 2.75) is 56.9 Å². The summed E-state index contributed by atoms with van der Waals surface area (Å²) in [6.45, 7) is 3.61. The fourth-order valence-corrected chi connectivity index (χ4v) is 5.27. The van der Waals surface area contributed by atoms with Gasteiger partial charge in [-0.15, -0.1) is 24.0 Å². The van der Waals surface area contributed by atoms with Crippen molar-refractivity contribution >= 4 is 40.7 Å². The van der Waals surface area contributed by atoms with Crippen LogP contribution in [0.4, 0.5) is 0 Å². The molecule has 1 aromatic carbocycles. The van der Waals surface area contributed by atoms with E-state index >= 15 is 0 Å². The number of nitrogens with one attached hydrogen (secondary N) is 2. The van der Waals surface area contributed by atoms with Gasteiger partial charge in [-0.1, -0.05) is 43.7 Å². The molecule has 8 heteroatoms. The number of halogens is 1. The molecule has 3 atom stereocenters. The number of hydrogen-bond donors (Lipinski definition) is 2. The standard InChI is InChI=1S/C22H33N5OS.HI/c1-3-29(28)20-11-7-10-19(16-20)26-22(23-2)25-13-12-21-24-14-15-27(21)17-18-8-5-4-6-9-18;/h4-6,8-9,14-15,19-20H,3,7,10-13,16-17H2,1-2H3,(H2,23,25,26);1H. The lowest BCUT2D eigenvalue weighted by molar-refractivity contribution is 0.413. The van der Waals surface area contributed by atoms with E-state index in [1.54, 1.807) is 7.05 Å². The van der Waals surface area contributed by atoms with E-state index in [-0.39, 0.29) is 24.0 Å². The van der Waals surface area contributed by atoms with Gasteiger partial charge in [0.05, 0.1) is 0 Å². The van der Waals surface area contributed by atoms with Crippen molar-refractivity contribution in [3.8, 4) is 0 Å². The van der Waals surface area contributed by atoms with Crippen LogP contribution >= 0.6 is 24.0 Å². The summed E-state index contributed by atoms with van der Waals surface area (Å²) in [4.78, 5) is 8.89. The van der Waals surface area contributed by atoms with E-state index in [4.69, 9.17) is 0 Å². The normalized spacial score (nSPS) is 20.3. The number of rotatable bonds is 8. The monoisotopic (exact) mass is 543 g/mol. The summed E-state index contributed by atoms with van der Waals surface area (Å²) in [5.41, 5.74) is 1.27. The van der Waals surface area contributed by atoms with Gasteiger partial charge in [0.2, 0.25) is 0 Å². The second-order valence-electron chi connectivity index (χ2n) is 7.51. The molecule has 0 spiro atoms. The summed E-state index contributed by atoms with van der Waals surface area (Å²) in [6, 6.07) is 10.8. The predicted molar refractivity (Wildman–Crippen MR) is 136 cm³/mol. The summed E-state index contributed by atoms with van der Waals surface area (Å²) in [5, 5.41) is 7.25. The Morgan fingerprint density at radius 2 is 2.10 bits per heavy atom. The van der Waals surface area contributed by atoms with E-state index in [1.807, 2.05) is 25.4 Å². The van der Waals surface area contributed by atoms with Crippen LogP contribution in [0.15, 0.2) is 47.7 Å². The molecule has 3 rings (SSSR count). The van der Waals surface area contributed by atoms with Crippen LogP contribution in [0.3, 0.4) is 0 Å². The average molecular weight is 544 g/mol. The molecule has 1 heterocycles. The smallest absolute Gasteiger partial charge is 0.191 e. The minimum atomic E-state index is -0.708. The molecule has 6 nitrogen and oxygen atoms in total. The molecule has 30 heavy (non-hydrogen) atoms. The highest BCUT2D eigenvalue weighted by atomic mass is 127. The van der Waals surface area contributed by atoms with Crippen LogP contribution in [0.5, 0.6) is 0 Å². The van der Waals surface area contributed by atoms with E-state index in [1.165, 1.54) is 5.56 Å². The van der Waals surface area contributed by atoms with Gasteiger partial charge in [-0.25, -0.2) is 4.98 Å². The maximum Gasteiger partial charge on any atom is 0.191 e. The summed E-state index contributed by atoms with van der Waals surface area (Å²) >= 11 is 0. The Morgan fingerprint density at radius 1 is 1.30 bits per heavy atom. The van der Waals surface area contributed by atoms with Crippen molar-refractivity contribution in [3.05, 3.63) is 54.1 Å². The van der Waals surface area contributed by atoms with Crippen LogP contribution in [-0.2, 0) is 23.8 Å². The minimum absolute atomic E-state index is 0. The van der Waals surface area contributed by atoms with Crippen molar-refractivity contribution < 1.29 is 4.21 Å². The molecule has 1 aromatic heterocycles. The lowest BCUT2D eigenvalue weighted by atomic mass is 9.95. The third kappa shape index (κ3) is 7.37. The zero-order valence-electron chi connectivity index (χ0n) is 17.9. The summed E-state index contributed by atoms with van der Waals surface area (Å²) < 4.78 is 14.4. The number of nitrogens with zero attached hydrogens (tertiary/aromatic N) is 3.